The van der Waals surface area contributed by atoms with Crippen LogP contribution >= 0.6 is 0 Å². The standard InChI is InChI=1S/C20H23N3O2/c24-20(22-11-15-6-2-1-3-7-15)18-10-17-13-23(14-19(18)25-17)12-16-8-4-5-9-21-16/h1-9,17-19H,10-14H2,(H,22,24). The zero-order valence-corrected chi connectivity index (χ0v) is 14.2. The minimum atomic E-state index is -0.0533. The third-order valence-corrected chi connectivity index (χ3v) is 4.99. The normalized spacial score (nSPS) is 25.7. The smallest absolute Gasteiger partial charge is 0.226 e. The number of morpholine rings is 1. The molecule has 2 bridgehead atoms. The Labute approximate surface area is 148 Å². The van der Waals surface area contributed by atoms with Crippen molar-refractivity contribution in [3.63, 3.8) is 0 Å². The van der Waals surface area contributed by atoms with E-state index in [-0.39, 0.29) is 24.0 Å². The number of nitrogens with one attached hydrogen (secondary N) is 1. The molecule has 3 heterocycles. The molecule has 1 amide bonds. The molecule has 1 aromatic heterocycles. The second-order valence-electron chi connectivity index (χ2n) is 6.86. The number of ether oxygens (including phenoxy) is 1. The van der Waals surface area contributed by atoms with Gasteiger partial charge >= 0.3 is 0 Å². The molecule has 25 heavy (non-hydrogen) atoms. The van der Waals surface area contributed by atoms with E-state index in [4.69, 9.17) is 4.74 Å². The highest BCUT2D eigenvalue weighted by atomic mass is 16.5. The maximum atomic E-state index is 12.6. The zero-order chi connectivity index (χ0) is 17.1. The highest BCUT2D eigenvalue weighted by Crippen LogP contribution is 2.32. The van der Waals surface area contributed by atoms with Crippen LogP contribution < -0.4 is 5.32 Å². The van der Waals surface area contributed by atoms with Crippen LogP contribution in [0.3, 0.4) is 0 Å². The summed E-state index contributed by atoms with van der Waals surface area (Å²) in [6.07, 6.45) is 2.77. The summed E-state index contributed by atoms with van der Waals surface area (Å²) < 4.78 is 6.03. The van der Waals surface area contributed by atoms with Crippen LogP contribution in [0.25, 0.3) is 0 Å². The fraction of sp³-hybridized carbons (Fsp3) is 0.400. The van der Waals surface area contributed by atoms with Gasteiger partial charge < -0.3 is 10.1 Å². The van der Waals surface area contributed by atoms with Crippen molar-refractivity contribution in [1.29, 1.82) is 0 Å². The third-order valence-electron chi connectivity index (χ3n) is 4.99. The first-order chi connectivity index (χ1) is 12.3. The number of likely N-dealkylation sites (tertiary alicyclic amines) is 1. The van der Waals surface area contributed by atoms with Gasteiger partial charge in [-0.25, -0.2) is 0 Å². The van der Waals surface area contributed by atoms with E-state index in [9.17, 15) is 4.79 Å². The minimum Gasteiger partial charge on any atom is -0.371 e. The fourth-order valence-corrected chi connectivity index (χ4v) is 3.78. The molecule has 3 atom stereocenters. The Bertz CT molecular complexity index is 707. The highest BCUT2D eigenvalue weighted by Gasteiger charge is 2.44. The molecule has 0 spiro atoms. The van der Waals surface area contributed by atoms with Crippen LogP contribution in [0.4, 0.5) is 0 Å². The average molecular weight is 337 g/mol. The molecule has 2 aliphatic rings. The summed E-state index contributed by atoms with van der Waals surface area (Å²) in [5, 5.41) is 3.07. The van der Waals surface area contributed by atoms with E-state index in [0.29, 0.717) is 6.54 Å². The predicted molar refractivity (Wildman–Crippen MR) is 94.6 cm³/mol. The molecule has 0 radical (unpaired) electrons. The molecule has 2 fully saturated rings. The van der Waals surface area contributed by atoms with Gasteiger partial charge in [-0.15, -0.1) is 0 Å². The number of hydrogen-bond donors (Lipinski definition) is 1. The number of rotatable bonds is 5. The summed E-state index contributed by atoms with van der Waals surface area (Å²) >= 11 is 0. The number of hydrogen-bond acceptors (Lipinski definition) is 4. The van der Waals surface area contributed by atoms with Gasteiger partial charge in [-0.05, 0) is 24.1 Å². The maximum Gasteiger partial charge on any atom is 0.226 e. The number of pyridine rings is 1. The predicted octanol–water partition coefficient (Wildman–Crippen LogP) is 1.99. The van der Waals surface area contributed by atoms with E-state index < -0.39 is 0 Å². The van der Waals surface area contributed by atoms with Crippen molar-refractivity contribution in [3.8, 4) is 0 Å². The highest BCUT2D eigenvalue weighted by molar-refractivity contribution is 5.79. The summed E-state index contributed by atoms with van der Waals surface area (Å²) in [4.78, 5) is 19.4. The van der Waals surface area contributed by atoms with Gasteiger partial charge in [0, 0.05) is 32.4 Å². The Morgan fingerprint density at radius 2 is 2.00 bits per heavy atom. The summed E-state index contributed by atoms with van der Waals surface area (Å²) in [6.45, 7) is 3.05. The molecule has 1 aromatic carbocycles. The first-order valence-corrected chi connectivity index (χ1v) is 8.87. The molecule has 0 aliphatic carbocycles. The quantitative estimate of drug-likeness (QED) is 0.907. The van der Waals surface area contributed by atoms with Crippen molar-refractivity contribution in [2.45, 2.75) is 31.7 Å². The van der Waals surface area contributed by atoms with E-state index in [1.54, 1.807) is 0 Å². The summed E-state index contributed by atoms with van der Waals surface area (Å²) in [6, 6.07) is 16.0. The minimum absolute atomic E-state index is 0.0155. The van der Waals surface area contributed by atoms with Crippen molar-refractivity contribution in [3.05, 3.63) is 66.0 Å². The lowest BCUT2D eigenvalue weighted by Gasteiger charge is -2.32. The number of carbonyl (C=O) groups excluding carboxylic acids is 1. The van der Waals surface area contributed by atoms with E-state index in [1.165, 1.54) is 0 Å². The summed E-state index contributed by atoms with van der Waals surface area (Å²) in [5.74, 6) is 0.0542. The lowest BCUT2D eigenvalue weighted by molar-refractivity contribution is -0.128. The first kappa shape index (κ1) is 16.2. The Hall–Kier alpha value is -2.24. The molecule has 2 aromatic rings. The largest absolute Gasteiger partial charge is 0.371 e. The number of nitrogens with zero attached hydrogens (tertiary/aromatic N) is 2. The Balaban J connectivity index is 1.33. The SMILES string of the molecule is O=C(NCc1ccccc1)C1CC2CN(Cc3ccccn3)CC1O2. The lowest BCUT2D eigenvalue weighted by atomic mass is 9.99. The third kappa shape index (κ3) is 3.89. The molecular weight excluding hydrogens is 314 g/mol. The Morgan fingerprint density at radius 1 is 1.16 bits per heavy atom. The maximum absolute atomic E-state index is 12.6. The van der Waals surface area contributed by atoms with Crippen LogP contribution in [0.5, 0.6) is 0 Å². The van der Waals surface area contributed by atoms with Gasteiger partial charge in [-0.3, -0.25) is 14.7 Å². The van der Waals surface area contributed by atoms with Crippen molar-refractivity contribution in [1.82, 2.24) is 15.2 Å². The van der Waals surface area contributed by atoms with Gasteiger partial charge in [-0.2, -0.15) is 0 Å². The van der Waals surface area contributed by atoms with Gasteiger partial charge in [0.1, 0.15) is 0 Å². The summed E-state index contributed by atoms with van der Waals surface area (Å²) in [7, 11) is 0. The van der Waals surface area contributed by atoms with Crippen molar-refractivity contribution in [2.24, 2.45) is 5.92 Å². The van der Waals surface area contributed by atoms with Gasteiger partial charge in [0.25, 0.3) is 0 Å². The first-order valence-electron chi connectivity index (χ1n) is 8.87. The molecule has 3 unspecified atom stereocenters. The second-order valence-corrected chi connectivity index (χ2v) is 6.86. The van der Waals surface area contributed by atoms with Crippen LogP contribution in [-0.2, 0) is 22.6 Å². The average Bonchev–Trinajstić information content (AvgIpc) is 2.96. The summed E-state index contributed by atoms with van der Waals surface area (Å²) in [5.41, 5.74) is 2.18. The number of carbonyl (C=O) groups is 1. The lowest BCUT2D eigenvalue weighted by Crippen LogP contribution is -2.45. The van der Waals surface area contributed by atoms with Gasteiger partial charge in [-0.1, -0.05) is 36.4 Å². The van der Waals surface area contributed by atoms with Crippen molar-refractivity contribution in [2.75, 3.05) is 13.1 Å². The van der Waals surface area contributed by atoms with E-state index >= 15 is 0 Å². The molecule has 4 rings (SSSR count). The molecule has 2 saturated heterocycles. The van der Waals surface area contributed by atoms with Crippen LogP contribution in [0.2, 0.25) is 0 Å². The van der Waals surface area contributed by atoms with E-state index in [1.807, 2.05) is 54.7 Å². The van der Waals surface area contributed by atoms with Crippen LogP contribution in [0, 0.1) is 5.92 Å². The van der Waals surface area contributed by atoms with Crippen LogP contribution in [0.1, 0.15) is 17.7 Å². The van der Waals surface area contributed by atoms with Crippen LogP contribution in [-0.4, -0.2) is 41.1 Å². The van der Waals surface area contributed by atoms with Gasteiger partial charge in [0.15, 0.2) is 0 Å². The number of amides is 1. The van der Waals surface area contributed by atoms with Crippen molar-refractivity contribution < 1.29 is 9.53 Å². The van der Waals surface area contributed by atoms with Gasteiger partial charge in [0.05, 0.1) is 23.8 Å². The molecule has 5 heteroatoms. The Morgan fingerprint density at radius 3 is 2.80 bits per heavy atom. The van der Waals surface area contributed by atoms with Gasteiger partial charge in [0.2, 0.25) is 5.91 Å². The Kier molecular flexibility index (Phi) is 4.76. The number of fused-ring (bicyclic) bond motifs is 2. The number of aromatic nitrogens is 1. The second kappa shape index (κ2) is 7.33. The molecule has 1 N–H and O–H groups in total. The number of benzene rings is 1. The zero-order valence-electron chi connectivity index (χ0n) is 14.2. The molecule has 2 aliphatic heterocycles. The topological polar surface area (TPSA) is 54.5 Å². The van der Waals surface area contributed by atoms with Crippen molar-refractivity contribution >= 4 is 5.91 Å². The van der Waals surface area contributed by atoms with Crippen LogP contribution in [0.15, 0.2) is 54.7 Å². The molecule has 5 nitrogen and oxygen atoms in total. The fourth-order valence-electron chi connectivity index (χ4n) is 3.78. The monoisotopic (exact) mass is 337 g/mol. The van der Waals surface area contributed by atoms with E-state index in [0.717, 1.165) is 37.3 Å². The molecule has 130 valence electrons. The molecular formula is C20H23N3O2. The van der Waals surface area contributed by atoms with E-state index in [2.05, 4.69) is 15.2 Å². The molecule has 0 saturated carbocycles.